The van der Waals surface area contributed by atoms with Gasteiger partial charge in [0.1, 0.15) is 5.69 Å². The minimum Gasteiger partial charge on any atom is -0.477 e. The van der Waals surface area contributed by atoms with Gasteiger partial charge in [-0.2, -0.15) is 26.3 Å². The van der Waals surface area contributed by atoms with E-state index in [9.17, 15) is 36.2 Å². The fourth-order valence-corrected chi connectivity index (χ4v) is 4.41. The van der Waals surface area contributed by atoms with Crippen molar-refractivity contribution < 1.29 is 36.2 Å². The maximum atomic E-state index is 13.4. The Morgan fingerprint density at radius 3 is 1.81 bits per heavy atom. The van der Waals surface area contributed by atoms with Gasteiger partial charge in [0.15, 0.2) is 0 Å². The SMILES string of the molecule is CC(C)(C)c1ccc(-c2c(C(=O)O)n(Cc3cc(C(F)(F)F)cc(C(F)(F)F)c3)c3ccccc23)cc1. The quantitative estimate of drug-likeness (QED) is 0.275. The molecule has 3 nitrogen and oxygen atoms in total. The molecule has 1 aromatic heterocycles. The first-order chi connectivity index (χ1) is 17.1. The Hall–Kier alpha value is -3.75. The van der Waals surface area contributed by atoms with E-state index in [1.165, 1.54) is 4.57 Å². The lowest BCUT2D eigenvalue weighted by Gasteiger charge is -2.19. The minimum atomic E-state index is -5.01. The van der Waals surface area contributed by atoms with E-state index in [2.05, 4.69) is 0 Å². The predicted octanol–water partition coefficient (Wildman–Crippen LogP) is 8.39. The van der Waals surface area contributed by atoms with Crippen molar-refractivity contribution in [2.75, 3.05) is 0 Å². The standard InChI is InChI=1S/C28H23F6NO2/c1-26(2,3)18-10-8-17(9-11-18)23-21-6-4-5-7-22(21)35(24(23)25(36)37)15-16-12-19(27(29,30)31)14-20(13-16)28(32,33)34/h4-14H,15H2,1-3H3,(H,36,37). The van der Waals surface area contributed by atoms with E-state index in [0.29, 0.717) is 34.2 Å². The number of benzene rings is 3. The number of hydrogen-bond acceptors (Lipinski definition) is 1. The number of carboxylic acid groups (broad SMARTS) is 1. The number of rotatable bonds is 4. The van der Waals surface area contributed by atoms with Crippen LogP contribution in [0.4, 0.5) is 26.3 Å². The van der Waals surface area contributed by atoms with E-state index >= 15 is 0 Å². The molecule has 0 saturated carbocycles. The molecule has 0 radical (unpaired) electrons. The maximum absolute atomic E-state index is 13.4. The molecule has 4 aromatic rings. The monoisotopic (exact) mass is 519 g/mol. The number of hydrogen-bond donors (Lipinski definition) is 1. The fraction of sp³-hybridized carbons (Fsp3) is 0.250. The lowest BCUT2D eigenvalue weighted by atomic mass is 9.86. The Bertz CT molecular complexity index is 1440. The second-order valence-electron chi connectivity index (χ2n) is 9.87. The number of carbonyl (C=O) groups is 1. The van der Waals surface area contributed by atoms with Crippen LogP contribution >= 0.6 is 0 Å². The summed E-state index contributed by atoms with van der Waals surface area (Å²) in [5, 5.41) is 10.7. The third-order valence-electron chi connectivity index (χ3n) is 6.20. The van der Waals surface area contributed by atoms with Gasteiger partial charge < -0.3 is 9.67 Å². The van der Waals surface area contributed by atoms with Gasteiger partial charge in [0, 0.05) is 23.0 Å². The van der Waals surface area contributed by atoms with Gasteiger partial charge in [-0.25, -0.2) is 4.79 Å². The number of halogens is 6. The van der Waals surface area contributed by atoms with Gasteiger partial charge >= 0.3 is 18.3 Å². The van der Waals surface area contributed by atoms with Crippen molar-refractivity contribution in [2.45, 2.75) is 45.1 Å². The number of alkyl halides is 6. The van der Waals surface area contributed by atoms with Crippen LogP contribution in [0.25, 0.3) is 22.0 Å². The van der Waals surface area contributed by atoms with E-state index in [0.717, 1.165) is 5.56 Å². The van der Waals surface area contributed by atoms with Gasteiger partial charge in [0.2, 0.25) is 0 Å². The van der Waals surface area contributed by atoms with Gasteiger partial charge in [-0.05, 0) is 46.4 Å². The average Bonchev–Trinajstić information content (AvgIpc) is 3.11. The summed E-state index contributed by atoms with van der Waals surface area (Å²) in [6, 6.07) is 15.2. The van der Waals surface area contributed by atoms with Crippen LogP contribution in [0.2, 0.25) is 0 Å². The number of aromatic nitrogens is 1. The van der Waals surface area contributed by atoms with Gasteiger partial charge in [0.05, 0.1) is 11.1 Å². The Balaban J connectivity index is 1.95. The first-order valence-electron chi connectivity index (χ1n) is 11.3. The predicted molar refractivity (Wildman–Crippen MR) is 129 cm³/mol. The molecule has 194 valence electrons. The zero-order valence-corrected chi connectivity index (χ0v) is 20.1. The summed E-state index contributed by atoms with van der Waals surface area (Å²) in [6.45, 7) is 5.58. The molecule has 0 atom stereocenters. The highest BCUT2D eigenvalue weighted by Crippen LogP contribution is 2.39. The first kappa shape index (κ1) is 26.3. The van der Waals surface area contributed by atoms with E-state index < -0.39 is 36.0 Å². The van der Waals surface area contributed by atoms with Crippen LogP contribution in [0.1, 0.15) is 53.5 Å². The average molecular weight is 519 g/mol. The molecule has 0 unspecified atom stereocenters. The Labute approximate surface area is 209 Å². The normalized spacial score (nSPS) is 12.8. The lowest BCUT2D eigenvalue weighted by molar-refractivity contribution is -0.143. The first-order valence-corrected chi connectivity index (χ1v) is 11.3. The van der Waals surface area contributed by atoms with Crippen molar-refractivity contribution in [3.8, 4) is 11.1 Å². The molecule has 0 fully saturated rings. The van der Waals surface area contributed by atoms with Crippen LogP contribution in [0.3, 0.4) is 0 Å². The molecular formula is C28H23F6NO2. The molecule has 0 aliphatic heterocycles. The summed E-state index contributed by atoms with van der Waals surface area (Å²) in [6.07, 6.45) is -10.0. The maximum Gasteiger partial charge on any atom is 0.416 e. The summed E-state index contributed by atoms with van der Waals surface area (Å²) in [5.41, 5.74) is -1.31. The van der Waals surface area contributed by atoms with Crippen LogP contribution in [0.5, 0.6) is 0 Å². The molecule has 0 saturated heterocycles. The number of fused-ring (bicyclic) bond motifs is 1. The summed E-state index contributed by atoms with van der Waals surface area (Å²) < 4.78 is 81.7. The van der Waals surface area contributed by atoms with E-state index in [1.807, 2.05) is 32.9 Å². The topological polar surface area (TPSA) is 42.2 Å². The molecular weight excluding hydrogens is 496 g/mol. The Morgan fingerprint density at radius 2 is 1.32 bits per heavy atom. The second kappa shape index (κ2) is 8.97. The molecule has 0 aliphatic rings. The summed E-state index contributed by atoms with van der Waals surface area (Å²) in [4.78, 5) is 12.5. The van der Waals surface area contributed by atoms with Crippen LogP contribution in [0, 0.1) is 0 Å². The second-order valence-corrected chi connectivity index (χ2v) is 9.87. The molecule has 1 heterocycles. The smallest absolute Gasteiger partial charge is 0.416 e. The van der Waals surface area contributed by atoms with E-state index in [1.54, 1.807) is 36.4 Å². The molecule has 0 amide bonds. The lowest BCUT2D eigenvalue weighted by Crippen LogP contribution is -2.14. The molecule has 1 N–H and O–H groups in total. The molecule has 4 rings (SSSR count). The third-order valence-corrected chi connectivity index (χ3v) is 6.20. The van der Waals surface area contributed by atoms with Crippen molar-refractivity contribution in [3.63, 3.8) is 0 Å². The fourth-order valence-electron chi connectivity index (χ4n) is 4.41. The zero-order chi connectivity index (χ0) is 27.3. The molecule has 0 aliphatic carbocycles. The van der Waals surface area contributed by atoms with Crippen molar-refractivity contribution in [1.29, 1.82) is 0 Å². The number of carboxylic acids is 1. The molecule has 9 heteroatoms. The van der Waals surface area contributed by atoms with Crippen LogP contribution in [0.15, 0.2) is 66.7 Å². The minimum absolute atomic E-state index is 0.0532. The van der Waals surface area contributed by atoms with Crippen LogP contribution < -0.4 is 0 Å². The summed E-state index contributed by atoms with van der Waals surface area (Å²) in [7, 11) is 0. The van der Waals surface area contributed by atoms with Gasteiger partial charge in [-0.15, -0.1) is 0 Å². The van der Waals surface area contributed by atoms with Crippen molar-refractivity contribution in [2.24, 2.45) is 0 Å². The third kappa shape index (κ3) is 5.21. The van der Waals surface area contributed by atoms with E-state index in [4.69, 9.17) is 0 Å². The number of aromatic carboxylic acids is 1. The van der Waals surface area contributed by atoms with Crippen LogP contribution in [-0.2, 0) is 24.3 Å². The zero-order valence-electron chi connectivity index (χ0n) is 20.1. The van der Waals surface area contributed by atoms with Gasteiger partial charge in [0.25, 0.3) is 0 Å². The van der Waals surface area contributed by atoms with Crippen LogP contribution in [-0.4, -0.2) is 15.6 Å². The van der Waals surface area contributed by atoms with Crippen molar-refractivity contribution in [1.82, 2.24) is 4.57 Å². The van der Waals surface area contributed by atoms with Gasteiger partial charge in [-0.1, -0.05) is 63.2 Å². The number of nitrogens with zero attached hydrogens (tertiary/aromatic N) is 1. The highest BCUT2D eigenvalue weighted by atomic mass is 19.4. The Morgan fingerprint density at radius 1 is 0.784 bits per heavy atom. The molecule has 0 bridgehead atoms. The highest BCUT2D eigenvalue weighted by Gasteiger charge is 2.37. The summed E-state index contributed by atoms with van der Waals surface area (Å²) in [5.74, 6) is -1.35. The van der Waals surface area contributed by atoms with Crippen molar-refractivity contribution >= 4 is 16.9 Å². The van der Waals surface area contributed by atoms with E-state index in [-0.39, 0.29) is 22.7 Å². The van der Waals surface area contributed by atoms with Crippen molar-refractivity contribution in [3.05, 3.63) is 94.7 Å². The number of para-hydroxylation sites is 1. The molecule has 0 spiro atoms. The highest BCUT2D eigenvalue weighted by molar-refractivity contribution is 6.08. The molecule has 37 heavy (non-hydrogen) atoms. The van der Waals surface area contributed by atoms with Gasteiger partial charge in [-0.3, -0.25) is 0 Å². The summed E-state index contributed by atoms with van der Waals surface area (Å²) >= 11 is 0. The largest absolute Gasteiger partial charge is 0.477 e. The molecule has 3 aromatic carbocycles. The Kier molecular flexibility index (Phi) is 6.38.